The number of hydrogen-bond donors (Lipinski definition) is 0. The second-order valence-electron chi connectivity index (χ2n) is 3.01. The van der Waals surface area contributed by atoms with Crippen LogP contribution in [-0.2, 0) is 11.3 Å². The molecule has 0 unspecified atom stereocenters. The Hall–Kier alpha value is -1.23. The molecule has 0 aliphatic heterocycles. The normalized spacial score (nSPS) is 10.4. The van der Waals surface area contributed by atoms with Crippen LogP contribution in [0.3, 0.4) is 0 Å². The van der Waals surface area contributed by atoms with Gasteiger partial charge in [-0.05, 0) is 6.42 Å². The SMILES string of the molecule is CCCn1nncc1C(=O)CCOC. The van der Waals surface area contributed by atoms with Crippen molar-refractivity contribution in [3.05, 3.63) is 11.9 Å². The van der Waals surface area contributed by atoms with Crippen LogP contribution in [0.4, 0.5) is 0 Å². The van der Waals surface area contributed by atoms with Crippen molar-refractivity contribution in [2.24, 2.45) is 0 Å². The average molecular weight is 197 g/mol. The van der Waals surface area contributed by atoms with Gasteiger partial charge in [0.2, 0.25) is 0 Å². The first kappa shape index (κ1) is 10.8. The van der Waals surface area contributed by atoms with Gasteiger partial charge in [0, 0.05) is 20.1 Å². The molecule has 5 heteroatoms. The summed E-state index contributed by atoms with van der Waals surface area (Å²) in [7, 11) is 1.58. The monoisotopic (exact) mass is 197 g/mol. The number of nitrogens with zero attached hydrogens (tertiary/aromatic N) is 3. The predicted molar refractivity (Wildman–Crippen MR) is 51.1 cm³/mol. The molecule has 0 N–H and O–H groups in total. The Kier molecular flexibility index (Phi) is 4.25. The quantitative estimate of drug-likeness (QED) is 0.636. The lowest BCUT2D eigenvalue weighted by molar-refractivity contribution is 0.0921. The van der Waals surface area contributed by atoms with Crippen molar-refractivity contribution in [3.63, 3.8) is 0 Å². The van der Waals surface area contributed by atoms with E-state index in [1.54, 1.807) is 11.8 Å². The molecule has 78 valence electrons. The van der Waals surface area contributed by atoms with Gasteiger partial charge in [0.1, 0.15) is 5.69 Å². The van der Waals surface area contributed by atoms with Crippen LogP contribution in [0.25, 0.3) is 0 Å². The summed E-state index contributed by atoms with van der Waals surface area (Å²) >= 11 is 0. The van der Waals surface area contributed by atoms with Crippen molar-refractivity contribution >= 4 is 5.78 Å². The van der Waals surface area contributed by atoms with E-state index < -0.39 is 0 Å². The molecule has 0 aliphatic rings. The Morgan fingerprint density at radius 2 is 2.43 bits per heavy atom. The average Bonchev–Trinajstić information content (AvgIpc) is 2.63. The van der Waals surface area contributed by atoms with E-state index in [0.717, 1.165) is 13.0 Å². The third-order valence-corrected chi connectivity index (χ3v) is 1.87. The topological polar surface area (TPSA) is 57.0 Å². The Balaban J connectivity index is 2.63. The highest BCUT2D eigenvalue weighted by Crippen LogP contribution is 2.02. The Morgan fingerprint density at radius 1 is 1.64 bits per heavy atom. The number of carbonyl (C=O) groups excluding carboxylic acids is 1. The fourth-order valence-electron chi connectivity index (χ4n) is 1.17. The van der Waals surface area contributed by atoms with Crippen molar-refractivity contribution in [2.45, 2.75) is 26.3 Å². The van der Waals surface area contributed by atoms with Gasteiger partial charge in [-0.3, -0.25) is 4.79 Å². The summed E-state index contributed by atoms with van der Waals surface area (Å²) < 4.78 is 6.48. The number of Topliss-reactive ketones (excluding diaryl/α,β-unsaturated/α-hetero) is 1. The highest BCUT2D eigenvalue weighted by atomic mass is 16.5. The summed E-state index contributed by atoms with van der Waals surface area (Å²) in [5.41, 5.74) is 0.573. The molecule has 0 radical (unpaired) electrons. The lowest BCUT2D eigenvalue weighted by Gasteiger charge is -2.02. The van der Waals surface area contributed by atoms with Crippen LogP contribution in [0.15, 0.2) is 6.20 Å². The van der Waals surface area contributed by atoms with Crippen molar-refractivity contribution in [3.8, 4) is 0 Å². The molecule has 0 fully saturated rings. The van der Waals surface area contributed by atoms with E-state index in [0.29, 0.717) is 18.7 Å². The van der Waals surface area contributed by atoms with Gasteiger partial charge in [-0.15, -0.1) is 5.10 Å². The fourth-order valence-corrected chi connectivity index (χ4v) is 1.17. The first-order valence-corrected chi connectivity index (χ1v) is 4.70. The second-order valence-corrected chi connectivity index (χ2v) is 3.01. The molecule has 0 atom stereocenters. The van der Waals surface area contributed by atoms with Crippen molar-refractivity contribution in [2.75, 3.05) is 13.7 Å². The van der Waals surface area contributed by atoms with Gasteiger partial charge in [-0.1, -0.05) is 12.1 Å². The number of rotatable bonds is 6. The summed E-state index contributed by atoms with van der Waals surface area (Å²) in [5.74, 6) is 0.0327. The number of methoxy groups -OCH3 is 1. The molecule has 0 bridgehead atoms. The molecule has 1 rings (SSSR count). The molecule has 1 heterocycles. The maximum absolute atomic E-state index is 11.6. The molecule has 0 saturated heterocycles. The van der Waals surface area contributed by atoms with Crippen LogP contribution < -0.4 is 0 Å². The van der Waals surface area contributed by atoms with Crippen LogP contribution in [0.1, 0.15) is 30.3 Å². The standard InChI is InChI=1S/C9H15N3O2/c1-3-5-12-8(7-10-11-12)9(13)4-6-14-2/h7H,3-6H2,1-2H3. The zero-order chi connectivity index (χ0) is 10.4. The van der Waals surface area contributed by atoms with E-state index in [-0.39, 0.29) is 5.78 Å². The van der Waals surface area contributed by atoms with Crippen LogP contribution in [0, 0.1) is 0 Å². The van der Waals surface area contributed by atoms with E-state index in [2.05, 4.69) is 10.3 Å². The first-order valence-electron chi connectivity index (χ1n) is 4.70. The Morgan fingerprint density at radius 3 is 3.07 bits per heavy atom. The minimum absolute atomic E-state index is 0.0327. The summed E-state index contributed by atoms with van der Waals surface area (Å²) in [6, 6.07) is 0. The Bertz CT molecular complexity index is 296. The fraction of sp³-hybridized carbons (Fsp3) is 0.667. The van der Waals surface area contributed by atoms with Crippen LogP contribution in [0.5, 0.6) is 0 Å². The summed E-state index contributed by atoms with van der Waals surface area (Å²) in [5, 5.41) is 7.56. The third kappa shape index (κ3) is 2.63. The van der Waals surface area contributed by atoms with E-state index in [4.69, 9.17) is 4.74 Å². The zero-order valence-corrected chi connectivity index (χ0v) is 8.56. The van der Waals surface area contributed by atoms with Crippen molar-refractivity contribution < 1.29 is 9.53 Å². The molecule has 14 heavy (non-hydrogen) atoms. The van der Waals surface area contributed by atoms with Crippen molar-refractivity contribution in [1.29, 1.82) is 0 Å². The minimum Gasteiger partial charge on any atom is -0.384 e. The molecule has 0 aromatic carbocycles. The highest BCUT2D eigenvalue weighted by Gasteiger charge is 2.11. The van der Waals surface area contributed by atoms with E-state index in [1.165, 1.54) is 6.20 Å². The van der Waals surface area contributed by atoms with Crippen LogP contribution >= 0.6 is 0 Å². The van der Waals surface area contributed by atoms with Gasteiger partial charge in [-0.25, -0.2) is 4.68 Å². The number of hydrogen-bond acceptors (Lipinski definition) is 4. The molecule has 0 amide bonds. The van der Waals surface area contributed by atoms with Gasteiger partial charge < -0.3 is 4.74 Å². The molecule has 1 aromatic heterocycles. The summed E-state index contributed by atoms with van der Waals surface area (Å²) in [6.45, 7) is 3.20. The lowest BCUT2D eigenvalue weighted by atomic mass is 10.2. The van der Waals surface area contributed by atoms with Gasteiger partial charge in [0.25, 0.3) is 0 Å². The van der Waals surface area contributed by atoms with Crippen LogP contribution in [0.2, 0.25) is 0 Å². The molecule has 5 nitrogen and oxygen atoms in total. The van der Waals surface area contributed by atoms with Crippen LogP contribution in [-0.4, -0.2) is 34.5 Å². The molecule has 1 aromatic rings. The molecule has 0 spiro atoms. The largest absolute Gasteiger partial charge is 0.384 e. The highest BCUT2D eigenvalue weighted by molar-refractivity contribution is 5.94. The third-order valence-electron chi connectivity index (χ3n) is 1.87. The number of carbonyl (C=O) groups is 1. The number of ether oxygens (including phenoxy) is 1. The summed E-state index contributed by atoms with van der Waals surface area (Å²) in [6.07, 6.45) is 2.83. The van der Waals surface area contributed by atoms with Gasteiger partial charge in [-0.2, -0.15) is 0 Å². The van der Waals surface area contributed by atoms with Gasteiger partial charge in [0.15, 0.2) is 5.78 Å². The molecular weight excluding hydrogens is 182 g/mol. The molecule has 0 saturated carbocycles. The van der Waals surface area contributed by atoms with Crippen molar-refractivity contribution in [1.82, 2.24) is 15.0 Å². The maximum Gasteiger partial charge on any atom is 0.184 e. The smallest absolute Gasteiger partial charge is 0.184 e. The van der Waals surface area contributed by atoms with E-state index in [9.17, 15) is 4.79 Å². The predicted octanol–water partition coefficient (Wildman–Crippen LogP) is 0.907. The molecular formula is C9H15N3O2. The number of aryl methyl sites for hydroxylation is 1. The number of ketones is 1. The zero-order valence-electron chi connectivity index (χ0n) is 8.56. The first-order chi connectivity index (χ1) is 6.79. The van der Waals surface area contributed by atoms with Gasteiger partial charge >= 0.3 is 0 Å². The second kappa shape index (κ2) is 5.49. The minimum atomic E-state index is 0.0327. The molecule has 0 aliphatic carbocycles. The van der Waals surface area contributed by atoms with Gasteiger partial charge in [0.05, 0.1) is 12.8 Å². The number of aromatic nitrogens is 3. The summed E-state index contributed by atoms with van der Waals surface area (Å²) in [4.78, 5) is 11.6. The Labute approximate surface area is 83.1 Å². The maximum atomic E-state index is 11.6. The lowest BCUT2D eigenvalue weighted by Crippen LogP contribution is -2.12. The van der Waals surface area contributed by atoms with E-state index >= 15 is 0 Å². The van der Waals surface area contributed by atoms with E-state index in [1.807, 2.05) is 6.92 Å².